The lowest BCUT2D eigenvalue weighted by Gasteiger charge is -2.32. The van der Waals surface area contributed by atoms with Gasteiger partial charge in [0.25, 0.3) is 0 Å². The minimum absolute atomic E-state index is 0.154. The van der Waals surface area contributed by atoms with Crippen LogP contribution in [0.3, 0.4) is 0 Å². The van der Waals surface area contributed by atoms with E-state index in [1.807, 2.05) is 6.92 Å². The largest absolute Gasteiger partial charge is 0.461 e. The van der Waals surface area contributed by atoms with Gasteiger partial charge in [-0.1, -0.05) is 23.8 Å². The number of esters is 1. The van der Waals surface area contributed by atoms with E-state index in [1.54, 1.807) is 41.5 Å². The summed E-state index contributed by atoms with van der Waals surface area (Å²) in [7, 11) is 1.00. The van der Waals surface area contributed by atoms with E-state index in [0.717, 1.165) is 26.4 Å². The summed E-state index contributed by atoms with van der Waals surface area (Å²) in [5.41, 5.74) is -0.410. The molecule has 2 aliphatic rings. The molecule has 1 heterocycles. The third-order valence-electron chi connectivity index (χ3n) is 5.03. The van der Waals surface area contributed by atoms with Gasteiger partial charge in [0.05, 0.1) is 12.7 Å². The first kappa shape index (κ1) is 30.6. The highest BCUT2D eigenvalue weighted by Gasteiger charge is 2.42. The van der Waals surface area contributed by atoms with Crippen LogP contribution in [-0.2, 0) is 23.7 Å². The number of aliphatic hydroxyl groups excluding tert-OH is 1. The molecule has 35 heavy (non-hydrogen) atoms. The van der Waals surface area contributed by atoms with Gasteiger partial charge in [-0.15, -0.1) is 0 Å². The van der Waals surface area contributed by atoms with Gasteiger partial charge in [0.2, 0.25) is 0 Å². The predicted molar refractivity (Wildman–Crippen MR) is 132 cm³/mol. The Kier molecular flexibility index (Phi) is 11.9. The van der Waals surface area contributed by atoms with Crippen LogP contribution < -0.4 is 0 Å². The summed E-state index contributed by atoms with van der Waals surface area (Å²) < 4.78 is 22.3. The molecule has 2 unspecified atom stereocenters. The molecule has 1 aliphatic carbocycles. The number of ether oxygens (including phenoxy) is 4. The molecule has 1 fully saturated rings. The molecule has 1 N–H and O–H groups in total. The highest BCUT2D eigenvalue weighted by molar-refractivity contribution is 5.94. The lowest BCUT2D eigenvalue weighted by molar-refractivity contribution is -0.155. The lowest BCUT2D eigenvalue weighted by Crippen LogP contribution is -2.54. The molecular weight excluding hydrogens is 454 g/mol. The Morgan fingerprint density at radius 3 is 2.11 bits per heavy atom. The molecule has 0 aromatic carbocycles. The Labute approximate surface area is 209 Å². The number of hydrogen-bond acceptors (Lipinski definition) is 8. The minimum Gasteiger partial charge on any atom is -0.461 e. The maximum Gasteiger partial charge on any atom is 0.420 e. The molecule has 0 aromatic rings. The van der Waals surface area contributed by atoms with E-state index in [-0.39, 0.29) is 12.5 Å². The molecule has 0 bridgehead atoms. The van der Waals surface area contributed by atoms with Crippen molar-refractivity contribution in [1.82, 2.24) is 4.90 Å². The SMILES string of the molecule is CC1CC(CC2=CC=CCC2)COC[C@H](N(C(=O)OC(C)(C)C)C(=O)OC(C)(C)C)C(=O)O1.CO. The van der Waals surface area contributed by atoms with E-state index in [1.165, 1.54) is 5.57 Å². The number of amides is 2. The van der Waals surface area contributed by atoms with Crippen LogP contribution in [0.2, 0.25) is 0 Å². The summed E-state index contributed by atoms with van der Waals surface area (Å²) in [6.07, 6.45) is 7.47. The molecule has 0 spiro atoms. The summed E-state index contributed by atoms with van der Waals surface area (Å²) >= 11 is 0. The number of allylic oxidation sites excluding steroid dienone is 4. The zero-order valence-electron chi connectivity index (χ0n) is 22.5. The van der Waals surface area contributed by atoms with Crippen LogP contribution in [0.1, 0.15) is 74.1 Å². The molecule has 2 rings (SSSR count). The molecule has 0 aromatic heterocycles. The maximum absolute atomic E-state index is 13.0. The van der Waals surface area contributed by atoms with Gasteiger partial charge in [0.15, 0.2) is 6.04 Å². The van der Waals surface area contributed by atoms with Gasteiger partial charge in [-0.3, -0.25) is 0 Å². The van der Waals surface area contributed by atoms with Crippen LogP contribution in [-0.4, -0.2) is 71.8 Å². The Morgan fingerprint density at radius 1 is 1.06 bits per heavy atom. The Bertz CT molecular complexity index is 747. The van der Waals surface area contributed by atoms with E-state index < -0.39 is 41.5 Å². The molecule has 9 nitrogen and oxygen atoms in total. The molecular formula is C26H43NO8. The second-order valence-corrected chi connectivity index (χ2v) is 10.7. The van der Waals surface area contributed by atoms with Crippen molar-refractivity contribution in [3.8, 4) is 0 Å². The Balaban J connectivity index is 0.00000298. The first-order chi connectivity index (χ1) is 16.2. The molecule has 0 saturated carbocycles. The highest BCUT2D eigenvalue weighted by atomic mass is 16.6. The maximum atomic E-state index is 13.0. The quantitative estimate of drug-likeness (QED) is 0.438. The molecule has 1 saturated heterocycles. The van der Waals surface area contributed by atoms with Crippen LogP contribution in [0.5, 0.6) is 0 Å². The van der Waals surface area contributed by atoms with Gasteiger partial charge in [-0.2, -0.15) is 4.90 Å². The summed E-state index contributed by atoms with van der Waals surface area (Å²) in [5, 5.41) is 7.00. The average molecular weight is 498 g/mol. The fraction of sp³-hybridized carbons (Fsp3) is 0.731. The second kappa shape index (κ2) is 13.6. The third-order valence-corrected chi connectivity index (χ3v) is 5.03. The number of carbonyl (C=O) groups is 3. The summed E-state index contributed by atoms with van der Waals surface area (Å²) in [4.78, 5) is 39.6. The van der Waals surface area contributed by atoms with Gasteiger partial charge in [-0.05, 0) is 80.1 Å². The van der Waals surface area contributed by atoms with E-state index in [2.05, 4.69) is 18.2 Å². The Morgan fingerprint density at radius 2 is 1.63 bits per heavy atom. The lowest BCUT2D eigenvalue weighted by atomic mass is 9.91. The Hall–Kier alpha value is -2.39. The van der Waals surface area contributed by atoms with Crippen LogP contribution in [0.15, 0.2) is 23.8 Å². The van der Waals surface area contributed by atoms with Crippen molar-refractivity contribution >= 4 is 18.2 Å². The van der Waals surface area contributed by atoms with E-state index in [9.17, 15) is 14.4 Å². The number of hydrogen-bond donors (Lipinski definition) is 1. The fourth-order valence-corrected chi connectivity index (χ4v) is 3.74. The summed E-state index contributed by atoms with van der Waals surface area (Å²) in [5.74, 6) is -0.569. The van der Waals surface area contributed by atoms with Crippen molar-refractivity contribution in [3.63, 3.8) is 0 Å². The second-order valence-electron chi connectivity index (χ2n) is 10.7. The van der Waals surface area contributed by atoms with Crippen molar-refractivity contribution < 1.29 is 38.4 Å². The number of rotatable bonds is 3. The number of carbonyl (C=O) groups excluding carboxylic acids is 3. The van der Waals surface area contributed by atoms with Crippen LogP contribution >= 0.6 is 0 Å². The first-order valence-electron chi connectivity index (χ1n) is 12.1. The van der Waals surface area contributed by atoms with Gasteiger partial charge in [0, 0.05) is 13.7 Å². The zero-order valence-corrected chi connectivity index (χ0v) is 22.5. The third kappa shape index (κ3) is 11.3. The molecule has 3 atom stereocenters. The van der Waals surface area contributed by atoms with Crippen molar-refractivity contribution in [2.24, 2.45) is 5.92 Å². The molecule has 0 radical (unpaired) electrons. The van der Waals surface area contributed by atoms with Crippen LogP contribution in [0.25, 0.3) is 0 Å². The normalized spacial score (nSPS) is 23.3. The summed E-state index contributed by atoms with van der Waals surface area (Å²) in [6.45, 7) is 12.1. The monoisotopic (exact) mass is 497 g/mol. The van der Waals surface area contributed by atoms with Gasteiger partial charge in [-0.25, -0.2) is 14.4 Å². The van der Waals surface area contributed by atoms with E-state index in [0.29, 0.717) is 17.9 Å². The van der Waals surface area contributed by atoms with Gasteiger partial charge in [0.1, 0.15) is 11.2 Å². The first-order valence-corrected chi connectivity index (χ1v) is 12.1. The highest BCUT2D eigenvalue weighted by Crippen LogP contribution is 2.26. The molecule has 2 amide bonds. The van der Waals surface area contributed by atoms with Crippen LogP contribution in [0.4, 0.5) is 9.59 Å². The number of aliphatic hydroxyl groups is 1. The topological polar surface area (TPSA) is 112 Å². The summed E-state index contributed by atoms with van der Waals surface area (Å²) in [6, 6.07) is -1.31. The van der Waals surface area contributed by atoms with Crippen LogP contribution in [0, 0.1) is 5.92 Å². The van der Waals surface area contributed by atoms with Crippen molar-refractivity contribution in [1.29, 1.82) is 0 Å². The van der Waals surface area contributed by atoms with Crippen molar-refractivity contribution in [2.75, 3.05) is 20.3 Å². The fourth-order valence-electron chi connectivity index (χ4n) is 3.74. The van der Waals surface area contributed by atoms with Gasteiger partial charge < -0.3 is 24.1 Å². The number of nitrogens with zero attached hydrogens (tertiary/aromatic N) is 1. The molecule has 1 aliphatic heterocycles. The van der Waals surface area contributed by atoms with Gasteiger partial charge >= 0.3 is 18.2 Å². The van der Waals surface area contributed by atoms with Crippen molar-refractivity contribution in [2.45, 2.75) is 97.5 Å². The van der Waals surface area contributed by atoms with Crippen molar-refractivity contribution in [3.05, 3.63) is 23.8 Å². The zero-order chi connectivity index (χ0) is 26.8. The van der Waals surface area contributed by atoms with E-state index in [4.69, 9.17) is 24.1 Å². The standard InChI is InChI=1S/C25H39NO7.CH4O/c1-17-13-19(14-18-11-9-8-10-12-18)15-30-16-20(21(27)31-17)26(22(28)32-24(2,3)4)23(29)33-25(5,6)7;1-2/h8-9,11,17,19-20H,10,12-16H2,1-7H3;2H,1H3/t17?,19?,20-;/m0./s1. The minimum atomic E-state index is -1.31. The average Bonchev–Trinajstić information content (AvgIpc) is 2.77. The molecule has 200 valence electrons. The van der Waals surface area contributed by atoms with E-state index >= 15 is 0 Å². The number of cyclic esters (lactones) is 1. The number of imide groups is 1. The predicted octanol–water partition coefficient (Wildman–Crippen LogP) is 4.77. The smallest absolute Gasteiger partial charge is 0.420 e. The molecule has 9 heteroatoms.